The van der Waals surface area contributed by atoms with Gasteiger partial charge in [-0.2, -0.15) is 5.10 Å². The molecular formula is C28H19N3O2. The lowest BCUT2D eigenvalue weighted by Crippen LogP contribution is -2.11. The summed E-state index contributed by atoms with van der Waals surface area (Å²) in [6.07, 6.45) is 0. The molecule has 5 heteroatoms. The van der Waals surface area contributed by atoms with Crippen LogP contribution in [0.1, 0.15) is 43.1 Å². The Hall–Kier alpha value is -4.38. The van der Waals surface area contributed by atoms with Crippen LogP contribution in [0, 0.1) is 13.8 Å². The smallest absolute Gasteiger partial charge is 0.196 e. The molecule has 6 rings (SSSR count). The number of rotatable bonds is 3. The average molecular weight is 429 g/mol. The van der Waals surface area contributed by atoms with E-state index in [1.54, 1.807) is 22.9 Å². The second-order valence-corrected chi connectivity index (χ2v) is 8.31. The van der Waals surface area contributed by atoms with E-state index in [0.717, 1.165) is 16.8 Å². The van der Waals surface area contributed by atoms with Gasteiger partial charge in [0.1, 0.15) is 0 Å². The van der Waals surface area contributed by atoms with Crippen molar-refractivity contribution in [3.63, 3.8) is 0 Å². The number of para-hydroxylation sites is 1. The van der Waals surface area contributed by atoms with E-state index in [0.29, 0.717) is 44.7 Å². The van der Waals surface area contributed by atoms with Crippen LogP contribution in [0.15, 0.2) is 78.9 Å². The quantitative estimate of drug-likeness (QED) is 0.350. The van der Waals surface area contributed by atoms with Gasteiger partial charge in [-0.25, -0.2) is 9.67 Å². The van der Waals surface area contributed by atoms with Crippen LogP contribution in [0.3, 0.4) is 0 Å². The Labute approximate surface area is 190 Å². The molecule has 1 aliphatic carbocycles. The van der Waals surface area contributed by atoms with E-state index in [1.165, 1.54) is 0 Å². The van der Waals surface area contributed by atoms with Crippen LogP contribution in [0.25, 0.3) is 28.0 Å². The molecule has 1 aliphatic rings. The van der Waals surface area contributed by atoms with Crippen molar-refractivity contribution in [1.82, 2.24) is 14.8 Å². The highest BCUT2D eigenvalue weighted by Crippen LogP contribution is 2.41. The maximum atomic E-state index is 13.9. The Morgan fingerprint density at radius 1 is 0.818 bits per heavy atom. The molecule has 0 saturated heterocycles. The third kappa shape index (κ3) is 2.79. The molecule has 158 valence electrons. The van der Waals surface area contributed by atoms with Gasteiger partial charge in [0.15, 0.2) is 17.2 Å². The van der Waals surface area contributed by atoms with Gasteiger partial charge in [-0.3, -0.25) is 9.59 Å². The van der Waals surface area contributed by atoms with Crippen LogP contribution in [0.4, 0.5) is 0 Å². The average Bonchev–Trinajstić information content (AvgIpc) is 3.33. The van der Waals surface area contributed by atoms with Gasteiger partial charge in [0.2, 0.25) is 0 Å². The van der Waals surface area contributed by atoms with E-state index in [2.05, 4.69) is 0 Å². The molecule has 5 nitrogen and oxygen atoms in total. The largest absolute Gasteiger partial charge is 0.289 e. The highest BCUT2D eigenvalue weighted by Gasteiger charge is 2.36. The molecule has 0 bridgehead atoms. The topological polar surface area (TPSA) is 64.8 Å². The summed E-state index contributed by atoms with van der Waals surface area (Å²) < 4.78 is 1.75. The molecule has 0 saturated carbocycles. The Balaban J connectivity index is 1.73. The summed E-state index contributed by atoms with van der Waals surface area (Å²) in [5, 5.41) is 5.34. The number of pyridine rings is 1. The number of nitrogens with zero attached hydrogens (tertiary/aromatic N) is 3. The molecule has 0 aliphatic heterocycles. The van der Waals surface area contributed by atoms with Crippen LogP contribution in [-0.2, 0) is 0 Å². The number of fused-ring (bicyclic) bond motifs is 4. The molecule has 0 unspecified atom stereocenters. The second-order valence-electron chi connectivity index (χ2n) is 8.31. The van der Waals surface area contributed by atoms with Gasteiger partial charge in [0.25, 0.3) is 0 Å². The van der Waals surface area contributed by atoms with E-state index in [-0.39, 0.29) is 11.6 Å². The fraction of sp³-hybridized carbons (Fsp3) is 0.0714. The third-order valence-corrected chi connectivity index (χ3v) is 6.19. The van der Waals surface area contributed by atoms with Crippen molar-refractivity contribution in [1.29, 1.82) is 0 Å². The molecule has 2 aromatic heterocycles. The summed E-state index contributed by atoms with van der Waals surface area (Å²) in [5.41, 5.74) is 6.26. The minimum atomic E-state index is -0.199. The van der Waals surface area contributed by atoms with Crippen LogP contribution in [0.2, 0.25) is 0 Å². The summed E-state index contributed by atoms with van der Waals surface area (Å²) in [6, 6.07) is 24.5. The Morgan fingerprint density at radius 2 is 1.48 bits per heavy atom. The van der Waals surface area contributed by atoms with Gasteiger partial charge in [0.05, 0.1) is 28.0 Å². The Kier molecular flexibility index (Phi) is 4.14. The van der Waals surface area contributed by atoms with Crippen molar-refractivity contribution in [2.75, 3.05) is 0 Å². The first-order valence-electron chi connectivity index (χ1n) is 10.8. The lowest BCUT2D eigenvalue weighted by atomic mass is 9.93. The summed E-state index contributed by atoms with van der Waals surface area (Å²) in [4.78, 5) is 32.3. The van der Waals surface area contributed by atoms with Crippen molar-refractivity contribution in [3.05, 3.63) is 112 Å². The molecule has 0 fully saturated rings. The molecule has 3 aromatic carbocycles. The number of hydrogen-bond acceptors (Lipinski definition) is 4. The van der Waals surface area contributed by atoms with Crippen molar-refractivity contribution >= 4 is 22.6 Å². The van der Waals surface area contributed by atoms with Crippen molar-refractivity contribution in [2.45, 2.75) is 13.8 Å². The predicted octanol–water partition coefficient (Wildman–Crippen LogP) is 5.48. The maximum Gasteiger partial charge on any atom is 0.196 e. The fourth-order valence-electron chi connectivity index (χ4n) is 4.58. The number of carbonyl (C=O) groups excluding carboxylic acids is 2. The van der Waals surface area contributed by atoms with Crippen molar-refractivity contribution in [2.24, 2.45) is 0 Å². The van der Waals surface area contributed by atoms with Gasteiger partial charge in [-0.05, 0) is 26.0 Å². The maximum absolute atomic E-state index is 13.9. The lowest BCUT2D eigenvalue weighted by Gasteiger charge is -2.11. The van der Waals surface area contributed by atoms with Gasteiger partial charge in [-0.1, -0.05) is 72.3 Å². The van der Waals surface area contributed by atoms with E-state index in [9.17, 15) is 9.59 Å². The molecule has 2 heterocycles. The SMILES string of the molecule is Cc1ccc(C(=O)c2c3c(nc4c2c(C)nn4-c2ccccc2)-c2ccccc2C3=O)cc1. The first-order chi connectivity index (χ1) is 16.0. The highest BCUT2D eigenvalue weighted by atomic mass is 16.1. The van der Waals surface area contributed by atoms with E-state index in [4.69, 9.17) is 10.1 Å². The van der Waals surface area contributed by atoms with E-state index in [1.807, 2.05) is 74.5 Å². The lowest BCUT2D eigenvalue weighted by molar-refractivity contribution is 0.101. The van der Waals surface area contributed by atoms with Gasteiger partial charge < -0.3 is 0 Å². The van der Waals surface area contributed by atoms with Crippen LogP contribution < -0.4 is 0 Å². The fourth-order valence-corrected chi connectivity index (χ4v) is 4.58. The van der Waals surface area contributed by atoms with Crippen molar-refractivity contribution in [3.8, 4) is 16.9 Å². The minimum absolute atomic E-state index is 0.169. The molecular weight excluding hydrogens is 410 g/mol. The zero-order valence-corrected chi connectivity index (χ0v) is 18.2. The number of aromatic nitrogens is 3. The Bertz CT molecular complexity index is 1600. The van der Waals surface area contributed by atoms with E-state index >= 15 is 0 Å². The van der Waals surface area contributed by atoms with Gasteiger partial charge >= 0.3 is 0 Å². The zero-order chi connectivity index (χ0) is 22.7. The molecule has 33 heavy (non-hydrogen) atoms. The van der Waals surface area contributed by atoms with Crippen LogP contribution in [0.5, 0.6) is 0 Å². The monoisotopic (exact) mass is 429 g/mol. The highest BCUT2D eigenvalue weighted by molar-refractivity contribution is 6.30. The molecule has 0 amide bonds. The van der Waals surface area contributed by atoms with Crippen molar-refractivity contribution < 1.29 is 9.59 Å². The predicted molar refractivity (Wildman–Crippen MR) is 127 cm³/mol. The summed E-state index contributed by atoms with van der Waals surface area (Å²) in [5.74, 6) is -0.368. The number of benzene rings is 3. The summed E-state index contributed by atoms with van der Waals surface area (Å²) in [7, 11) is 0. The molecule has 0 radical (unpaired) electrons. The molecule has 0 N–H and O–H groups in total. The number of aryl methyl sites for hydroxylation is 2. The van der Waals surface area contributed by atoms with Crippen LogP contribution >= 0.6 is 0 Å². The second kappa shape index (κ2) is 7.07. The summed E-state index contributed by atoms with van der Waals surface area (Å²) >= 11 is 0. The van der Waals surface area contributed by atoms with Gasteiger partial charge in [-0.15, -0.1) is 0 Å². The zero-order valence-electron chi connectivity index (χ0n) is 18.2. The van der Waals surface area contributed by atoms with Crippen LogP contribution in [-0.4, -0.2) is 26.3 Å². The van der Waals surface area contributed by atoms with Gasteiger partial charge in [0, 0.05) is 22.3 Å². The first-order valence-corrected chi connectivity index (χ1v) is 10.8. The number of ketones is 2. The number of carbonyl (C=O) groups is 2. The third-order valence-electron chi connectivity index (χ3n) is 6.19. The standard InChI is InChI=1S/C28H19N3O2/c1-16-12-14-18(15-13-16)26(32)23-22-17(2)30-31(19-8-4-3-5-9-19)28(22)29-25-20-10-6-7-11-21(20)27(33)24(23)25/h3-15H,1-2H3. The van der Waals surface area contributed by atoms with E-state index < -0.39 is 0 Å². The minimum Gasteiger partial charge on any atom is -0.289 e. The summed E-state index contributed by atoms with van der Waals surface area (Å²) in [6.45, 7) is 3.83. The molecule has 0 spiro atoms. The first kappa shape index (κ1) is 19.3. The molecule has 5 aromatic rings. The number of hydrogen-bond donors (Lipinski definition) is 0. The Morgan fingerprint density at radius 3 is 2.21 bits per heavy atom. The molecule has 0 atom stereocenters. The normalized spacial score (nSPS) is 12.1.